The van der Waals surface area contributed by atoms with Crippen molar-refractivity contribution in [3.8, 4) is 0 Å². The molecule has 1 atom stereocenters. The van der Waals surface area contributed by atoms with Crippen LogP contribution >= 0.6 is 0 Å². The van der Waals surface area contributed by atoms with E-state index in [0.717, 1.165) is 26.2 Å². The maximum Gasteiger partial charge on any atom is 0.0670 e. The highest BCUT2D eigenvalue weighted by atomic mass is 16.5. The van der Waals surface area contributed by atoms with Gasteiger partial charge in [0.25, 0.3) is 0 Å². The summed E-state index contributed by atoms with van der Waals surface area (Å²) < 4.78 is 5.42. The fourth-order valence-corrected chi connectivity index (χ4v) is 2.10. The van der Waals surface area contributed by atoms with E-state index in [1.54, 1.807) is 0 Å². The van der Waals surface area contributed by atoms with Crippen LogP contribution in [0, 0.1) is 0 Å². The monoisotopic (exact) mass is 221 g/mol. The van der Waals surface area contributed by atoms with Gasteiger partial charge in [0.15, 0.2) is 0 Å². The Labute approximate surface area is 96.6 Å². The second kappa shape index (κ2) is 5.27. The van der Waals surface area contributed by atoms with Crippen LogP contribution in [0.1, 0.15) is 12.0 Å². The van der Waals surface area contributed by atoms with Crippen molar-refractivity contribution in [2.24, 2.45) is 0 Å². The first-order valence-corrected chi connectivity index (χ1v) is 5.71. The minimum absolute atomic E-state index is 0.486. The fourth-order valence-electron chi connectivity index (χ4n) is 2.10. The van der Waals surface area contributed by atoms with Crippen LogP contribution in [0.25, 0.3) is 0 Å². The second-order valence-corrected chi connectivity index (χ2v) is 4.16. The minimum atomic E-state index is 0.486. The average Bonchev–Trinajstić information content (AvgIpc) is 2.83. The molecule has 0 spiro atoms. The van der Waals surface area contributed by atoms with Crippen LogP contribution in [0.15, 0.2) is 18.5 Å². The molecule has 1 saturated heterocycles. The van der Waals surface area contributed by atoms with Gasteiger partial charge in [0.05, 0.1) is 24.5 Å². The van der Waals surface area contributed by atoms with Gasteiger partial charge in [0, 0.05) is 26.4 Å². The van der Waals surface area contributed by atoms with Crippen molar-refractivity contribution >= 4 is 5.69 Å². The van der Waals surface area contributed by atoms with Crippen molar-refractivity contribution in [1.82, 2.24) is 10.3 Å². The van der Waals surface area contributed by atoms with Crippen molar-refractivity contribution in [2.75, 3.05) is 32.2 Å². The molecular weight excluding hydrogens is 202 g/mol. The first-order valence-electron chi connectivity index (χ1n) is 5.71. The Morgan fingerprint density at radius 3 is 3.19 bits per heavy atom. The zero-order valence-electron chi connectivity index (χ0n) is 9.94. The Morgan fingerprint density at radius 2 is 2.50 bits per heavy atom. The third-order valence-electron chi connectivity index (χ3n) is 3.09. The highest BCUT2D eigenvalue weighted by Gasteiger charge is 2.21. The number of hydrogen-bond donors (Lipinski definition) is 1. The van der Waals surface area contributed by atoms with Crippen LogP contribution in [-0.2, 0) is 11.3 Å². The lowest BCUT2D eigenvalue weighted by Gasteiger charge is -2.27. The van der Waals surface area contributed by atoms with Gasteiger partial charge in [0.1, 0.15) is 0 Å². The SMILES string of the molecule is CNCc1ccncc1N(C)C1CCOC1. The molecule has 0 bridgehead atoms. The third kappa shape index (κ3) is 2.33. The molecule has 0 radical (unpaired) electrons. The molecule has 1 aliphatic rings. The molecule has 1 aromatic heterocycles. The number of likely N-dealkylation sites (N-methyl/N-ethyl adjacent to an activating group) is 1. The first-order chi connectivity index (χ1) is 7.83. The van der Waals surface area contributed by atoms with Crippen LogP contribution in [0.2, 0.25) is 0 Å². The largest absolute Gasteiger partial charge is 0.379 e. The Bertz CT molecular complexity index is 337. The van der Waals surface area contributed by atoms with E-state index in [9.17, 15) is 0 Å². The average molecular weight is 221 g/mol. The number of hydrogen-bond acceptors (Lipinski definition) is 4. The lowest BCUT2D eigenvalue weighted by Crippen LogP contribution is -2.33. The van der Waals surface area contributed by atoms with Crippen LogP contribution in [-0.4, -0.2) is 38.3 Å². The predicted molar refractivity (Wildman–Crippen MR) is 64.6 cm³/mol. The van der Waals surface area contributed by atoms with E-state index in [-0.39, 0.29) is 0 Å². The highest BCUT2D eigenvalue weighted by Crippen LogP contribution is 2.23. The number of rotatable bonds is 4. The van der Waals surface area contributed by atoms with Gasteiger partial charge in [-0.3, -0.25) is 4.98 Å². The molecule has 1 fully saturated rings. The van der Waals surface area contributed by atoms with Crippen LogP contribution in [0.4, 0.5) is 5.69 Å². The number of anilines is 1. The van der Waals surface area contributed by atoms with E-state index in [0.29, 0.717) is 6.04 Å². The predicted octanol–water partition coefficient (Wildman–Crippen LogP) is 1.03. The maximum atomic E-state index is 5.42. The quantitative estimate of drug-likeness (QED) is 0.824. The first kappa shape index (κ1) is 11.4. The molecule has 0 aliphatic carbocycles. The normalized spacial score (nSPS) is 20.0. The number of pyridine rings is 1. The second-order valence-electron chi connectivity index (χ2n) is 4.16. The van der Waals surface area contributed by atoms with Crippen molar-refractivity contribution in [3.63, 3.8) is 0 Å². The standard InChI is InChI=1S/C12H19N3O/c1-13-7-10-3-5-14-8-12(10)15(2)11-4-6-16-9-11/h3,5,8,11,13H,4,6-7,9H2,1-2H3. The zero-order valence-corrected chi connectivity index (χ0v) is 9.94. The van der Waals surface area contributed by atoms with Gasteiger partial charge in [-0.2, -0.15) is 0 Å². The summed E-state index contributed by atoms with van der Waals surface area (Å²) in [5.74, 6) is 0. The molecule has 1 N–H and O–H groups in total. The maximum absolute atomic E-state index is 5.42. The topological polar surface area (TPSA) is 37.4 Å². The van der Waals surface area contributed by atoms with Gasteiger partial charge < -0.3 is 15.0 Å². The van der Waals surface area contributed by atoms with E-state index in [1.807, 2.05) is 19.4 Å². The smallest absolute Gasteiger partial charge is 0.0670 e. The van der Waals surface area contributed by atoms with E-state index >= 15 is 0 Å². The number of nitrogens with zero attached hydrogens (tertiary/aromatic N) is 2. The summed E-state index contributed by atoms with van der Waals surface area (Å²) >= 11 is 0. The summed E-state index contributed by atoms with van der Waals surface area (Å²) in [6.07, 6.45) is 4.88. The van der Waals surface area contributed by atoms with E-state index in [1.165, 1.54) is 11.3 Å². The number of nitrogens with one attached hydrogen (secondary N) is 1. The van der Waals surface area contributed by atoms with Crippen LogP contribution in [0.5, 0.6) is 0 Å². The number of ether oxygens (including phenoxy) is 1. The van der Waals surface area contributed by atoms with Gasteiger partial charge in [-0.25, -0.2) is 0 Å². The van der Waals surface area contributed by atoms with Crippen LogP contribution < -0.4 is 10.2 Å². The van der Waals surface area contributed by atoms with Crippen molar-refractivity contribution in [1.29, 1.82) is 0 Å². The molecule has 88 valence electrons. The lowest BCUT2D eigenvalue weighted by atomic mass is 10.1. The van der Waals surface area contributed by atoms with E-state index in [4.69, 9.17) is 4.74 Å². The summed E-state index contributed by atoms with van der Waals surface area (Å²) in [4.78, 5) is 6.49. The van der Waals surface area contributed by atoms with Gasteiger partial charge in [-0.05, 0) is 25.1 Å². The summed E-state index contributed by atoms with van der Waals surface area (Å²) in [6, 6.07) is 2.55. The van der Waals surface area contributed by atoms with Crippen molar-refractivity contribution < 1.29 is 4.74 Å². The summed E-state index contributed by atoms with van der Waals surface area (Å²) in [7, 11) is 4.08. The van der Waals surface area contributed by atoms with Crippen molar-refractivity contribution in [3.05, 3.63) is 24.0 Å². The molecule has 1 aliphatic heterocycles. The van der Waals surface area contributed by atoms with Gasteiger partial charge >= 0.3 is 0 Å². The molecule has 1 aromatic rings. The van der Waals surface area contributed by atoms with Crippen LogP contribution in [0.3, 0.4) is 0 Å². The van der Waals surface area contributed by atoms with Gasteiger partial charge in [0.2, 0.25) is 0 Å². The summed E-state index contributed by atoms with van der Waals surface area (Å²) in [5.41, 5.74) is 2.49. The molecule has 4 heteroatoms. The van der Waals surface area contributed by atoms with E-state index in [2.05, 4.69) is 28.3 Å². The molecule has 0 aromatic carbocycles. The fraction of sp³-hybridized carbons (Fsp3) is 0.583. The number of aromatic nitrogens is 1. The molecule has 0 amide bonds. The molecule has 0 saturated carbocycles. The molecule has 4 nitrogen and oxygen atoms in total. The van der Waals surface area contributed by atoms with Gasteiger partial charge in [-0.1, -0.05) is 0 Å². The van der Waals surface area contributed by atoms with E-state index < -0.39 is 0 Å². The molecule has 2 heterocycles. The summed E-state index contributed by atoms with van der Waals surface area (Å²) in [5, 5.41) is 3.18. The van der Waals surface area contributed by atoms with Gasteiger partial charge in [-0.15, -0.1) is 0 Å². The van der Waals surface area contributed by atoms with Crippen molar-refractivity contribution in [2.45, 2.75) is 19.0 Å². The Kier molecular flexibility index (Phi) is 3.74. The lowest BCUT2D eigenvalue weighted by molar-refractivity contribution is 0.193. The molecule has 16 heavy (non-hydrogen) atoms. The minimum Gasteiger partial charge on any atom is -0.379 e. The Balaban J connectivity index is 2.17. The zero-order chi connectivity index (χ0) is 11.4. The Morgan fingerprint density at radius 1 is 1.62 bits per heavy atom. The molecule has 1 unspecified atom stereocenters. The summed E-state index contributed by atoms with van der Waals surface area (Å²) in [6.45, 7) is 2.57. The molecular formula is C12H19N3O. The Hall–Kier alpha value is -1.13. The molecule has 2 rings (SSSR count). The highest BCUT2D eigenvalue weighted by molar-refractivity contribution is 5.52. The third-order valence-corrected chi connectivity index (χ3v) is 3.09.